The fourth-order valence-electron chi connectivity index (χ4n) is 1.29. The van der Waals surface area contributed by atoms with Gasteiger partial charge in [-0.2, -0.15) is 26.3 Å². The molecule has 2 aromatic rings. The Morgan fingerprint density at radius 1 is 0.828 bits per heavy atom. The first-order chi connectivity index (χ1) is 13.4. The number of anilines is 1. The van der Waals surface area contributed by atoms with E-state index in [1.165, 1.54) is 14.1 Å². The number of aliphatic hydroxyl groups is 1. The molecule has 2 aromatic heterocycles. The Morgan fingerprint density at radius 3 is 1.55 bits per heavy atom. The van der Waals surface area contributed by atoms with Crippen LogP contribution in [0.25, 0.3) is 0 Å². The summed E-state index contributed by atoms with van der Waals surface area (Å²) in [5.41, 5.74) is 2.48. The van der Waals surface area contributed by atoms with Gasteiger partial charge in [0.05, 0.1) is 0 Å². The minimum atomic E-state index is -4.54. The Hall–Kier alpha value is -1.67. The molecule has 0 aliphatic rings. The summed E-state index contributed by atoms with van der Waals surface area (Å²) in [6.45, 7) is 0. The van der Waals surface area contributed by atoms with Gasteiger partial charge in [0.15, 0.2) is 0 Å². The smallest absolute Gasteiger partial charge is 0.400 e. The number of aliphatic hydroxyl groups excluding tert-OH is 1. The van der Waals surface area contributed by atoms with Crippen molar-refractivity contribution in [3.8, 4) is 0 Å². The van der Waals surface area contributed by atoms with E-state index in [4.69, 9.17) is 39.9 Å². The molecule has 7 nitrogen and oxygen atoms in total. The second kappa shape index (κ2) is 13.5. The molecule has 0 aliphatic carbocycles. The second-order valence-electron chi connectivity index (χ2n) is 3.99. The van der Waals surface area contributed by atoms with Crippen LogP contribution >= 0.6 is 34.8 Å². The van der Waals surface area contributed by atoms with E-state index < -0.39 is 28.6 Å². The van der Waals surface area contributed by atoms with E-state index >= 15 is 0 Å². The molecule has 0 saturated carbocycles. The zero-order chi connectivity index (χ0) is 23.4. The van der Waals surface area contributed by atoms with Crippen LogP contribution in [0, 0.1) is 0 Å². The van der Waals surface area contributed by atoms with Gasteiger partial charge in [0, 0.05) is 26.6 Å². The number of nitrogens with one attached hydrogen (secondary N) is 1. The molecule has 0 saturated heterocycles. The van der Waals surface area contributed by atoms with E-state index in [1.807, 2.05) is 0 Å². The molecule has 0 fully saturated rings. The molecular weight excluding hydrogens is 477 g/mol. The molecule has 0 aromatic carbocycles. The number of aromatic nitrogens is 4. The predicted octanol–water partition coefficient (Wildman–Crippen LogP) is 4.18. The zero-order valence-corrected chi connectivity index (χ0v) is 17.1. The topological polar surface area (TPSA) is 110 Å². The lowest BCUT2D eigenvalue weighted by molar-refractivity contribution is -0.138. The largest absolute Gasteiger partial charge is 0.421 e. The third-order valence-electron chi connectivity index (χ3n) is 2.32. The number of rotatable bonds is 1. The van der Waals surface area contributed by atoms with Crippen molar-refractivity contribution in [1.29, 1.82) is 0 Å². The monoisotopic (exact) mass is 490 g/mol. The van der Waals surface area contributed by atoms with Gasteiger partial charge in [-0.3, -0.25) is 0 Å². The van der Waals surface area contributed by atoms with Gasteiger partial charge in [-0.25, -0.2) is 19.9 Å². The normalized spacial score (nSPS) is 10.4. The zero-order valence-electron chi connectivity index (χ0n) is 14.9. The van der Waals surface area contributed by atoms with Crippen molar-refractivity contribution >= 4 is 40.6 Å². The number of halogens is 9. The fourth-order valence-corrected chi connectivity index (χ4v) is 1.84. The SMILES string of the molecule is CN.CNc1nc(Cl)ncc1C(F)(F)F.CO.FC(F)(F)c1cnc(Cl)nc1Cl. The first-order valence-corrected chi connectivity index (χ1v) is 8.04. The van der Waals surface area contributed by atoms with Crippen LogP contribution in [0.3, 0.4) is 0 Å². The Morgan fingerprint density at radius 2 is 1.21 bits per heavy atom. The highest BCUT2D eigenvalue weighted by atomic mass is 35.5. The lowest BCUT2D eigenvalue weighted by Crippen LogP contribution is -2.11. The molecular formula is C13H15Cl3F6N6O. The summed E-state index contributed by atoms with van der Waals surface area (Å²) < 4.78 is 72.5. The van der Waals surface area contributed by atoms with E-state index in [1.54, 1.807) is 0 Å². The van der Waals surface area contributed by atoms with Crippen LogP contribution in [0.5, 0.6) is 0 Å². The molecule has 166 valence electrons. The van der Waals surface area contributed by atoms with Gasteiger partial charge in [-0.05, 0) is 30.2 Å². The third kappa shape index (κ3) is 10.6. The van der Waals surface area contributed by atoms with Crippen molar-refractivity contribution in [2.45, 2.75) is 12.4 Å². The van der Waals surface area contributed by atoms with Crippen molar-refractivity contribution in [2.24, 2.45) is 5.73 Å². The number of hydrogen-bond acceptors (Lipinski definition) is 7. The predicted molar refractivity (Wildman–Crippen MR) is 96.9 cm³/mol. The Balaban J connectivity index is 0. The first-order valence-electron chi connectivity index (χ1n) is 6.91. The molecule has 0 unspecified atom stereocenters. The van der Waals surface area contributed by atoms with Crippen molar-refractivity contribution in [3.05, 3.63) is 39.2 Å². The third-order valence-corrected chi connectivity index (χ3v) is 2.97. The van der Waals surface area contributed by atoms with Crippen LogP contribution in [0.4, 0.5) is 32.2 Å². The molecule has 0 spiro atoms. The van der Waals surface area contributed by atoms with Gasteiger partial charge in [0.25, 0.3) is 0 Å². The van der Waals surface area contributed by atoms with Crippen LogP contribution < -0.4 is 11.1 Å². The molecule has 0 atom stereocenters. The summed E-state index contributed by atoms with van der Waals surface area (Å²) in [4.78, 5) is 12.9. The second-order valence-corrected chi connectivity index (χ2v) is 5.02. The van der Waals surface area contributed by atoms with Gasteiger partial charge >= 0.3 is 12.4 Å². The first kappa shape index (κ1) is 29.5. The average molecular weight is 492 g/mol. The minimum absolute atomic E-state index is 0.225. The molecule has 0 bridgehead atoms. The Labute approximate surface area is 176 Å². The lowest BCUT2D eigenvalue weighted by atomic mass is 10.3. The van der Waals surface area contributed by atoms with Gasteiger partial charge in [0.1, 0.15) is 22.1 Å². The molecule has 0 amide bonds. The summed E-state index contributed by atoms with van der Waals surface area (Å²) in [5.74, 6) is -0.326. The standard InChI is InChI=1S/C6H5ClF3N3.C5HCl2F3N2.CH5N.CH4O/c1-11-4-3(6(8,9)10)2-12-5(7)13-4;6-3-2(5(8,9)10)1-11-4(7)12-3;2*1-2/h2H,1H3,(H,11,12,13);1H;2H2,1H3;2H,1H3. The maximum atomic E-state index is 12.2. The van der Waals surface area contributed by atoms with Crippen LogP contribution in [-0.4, -0.2) is 46.2 Å². The number of hydrogen-bond donors (Lipinski definition) is 3. The summed E-state index contributed by atoms with van der Waals surface area (Å²) >= 11 is 15.7. The summed E-state index contributed by atoms with van der Waals surface area (Å²) in [7, 11) is 3.83. The molecule has 4 N–H and O–H groups in total. The van der Waals surface area contributed by atoms with Gasteiger partial charge < -0.3 is 16.2 Å². The number of nitrogens with zero attached hydrogens (tertiary/aromatic N) is 4. The summed E-state index contributed by atoms with van der Waals surface area (Å²) in [6, 6.07) is 0. The molecule has 29 heavy (non-hydrogen) atoms. The summed E-state index contributed by atoms with van der Waals surface area (Å²) in [5, 5.41) is 8.06. The highest BCUT2D eigenvalue weighted by Gasteiger charge is 2.35. The van der Waals surface area contributed by atoms with E-state index in [9.17, 15) is 26.3 Å². The molecule has 2 heterocycles. The maximum Gasteiger partial charge on any atom is 0.421 e. The highest BCUT2D eigenvalue weighted by molar-refractivity contribution is 6.32. The van der Waals surface area contributed by atoms with Gasteiger partial charge in [-0.15, -0.1) is 0 Å². The van der Waals surface area contributed by atoms with Crippen LogP contribution in [0.1, 0.15) is 11.1 Å². The summed E-state index contributed by atoms with van der Waals surface area (Å²) in [6.07, 6.45) is -7.83. The Bertz CT molecular complexity index is 748. The number of alkyl halides is 6. The molecule has 16 heteroatoms. The minimum Gasteiger partial charge on any atom is -0.400 e. The van der Waals surface area contributed by atoms with Crippen LogP contribution in [0.15, 0.2) is 12.4 Å². The highest BCUT2D eigenvalue weighted by Crippen LogP contribution is 2.34. The van der Waals surface area contributed by atoms with Gasteiger partial charge in [0.2, 0.25) is 10.6 Å². The molecule has 0 radical (unpaired) electrons. The van der Waals surface area contributed by atoms with Crippen LogP contribution in [0.2, 0.25) is 15.7 Å². The maximum absolute atomic E-state index is 12.2. The van der Waals surface area contributed by atoms with Gasteiger partial charge in [-0.1, -0.05) is 11.6 Å². The molecule has 2 rings (SSSR count). The average Bonchev–Trinajstić information content (AvgIpc) is 2.63. The van der Waals surface area contributed by atoms with Crippen molar-refractivity contribution in [2.75, 3.05) is 26.5 Å². The quantitative estimate of drug-likeness (QED) is 0.312. The number of nitrogens with two attached hydrogens (primary N) is 1. The molecule has 0 aliphatic heterocycles. The lowest BCUT2D eigenvalue weighted by Gasteiger charge is -2.10. The van der Waals surface area contributed by atoms with E-state index in [0.717, 1.165) is 7.11 Å². The van der Waals surface area contributed by atoms with E-state index in [2.05, 4.69) is 31.0 Å². The van der Waals surface area contributed by atoms with Crippen molar-refractivity contribution in [3.63, 3.8) is 0 Å². The van der Waals surface area contributed by atoms with Crippen LogP contribution in [-0.2, 0) is 12.4 Å². The fraction of sp³-hybridized carbons (Fsp3) is 0.385. The van der Waals surface area contributed by atoms with E-state index in [0.29, 0.717) is 12.4 Å². The van der Waals surface area contributed by atoms with E-state index in [-0.39, 0.29) is 16.4 Å². The Kier molecular flexibility index (Phi) is 13.8. The van der Waals surface area contributed by atoms with Crippen molar-refractivity contribution < 1.29 is 31.4 Å². The van der Waals surface area contributed by atoms with Crippen molar-refractivity contribution in [1.82, 2.24) is 19.9 Å².